The monoisotopic (exact) mass is 270 g/mol. The Labute approximate surface area is 115 Å². The van der Waals surface area contributed by atoms with Gasteiger partial charge in [0.15, 0.2) is 0 Å². The number of urea groups is 1. The van der Waals surface area contributed by atoms with Crippen LogP contribution in [0.4, 0.5) is 4.79 Å². The minimum Gasteiger partial charge on any atom is -0.394 e. The fraction of sp³-hybridized carbons (Fsp3) is 0.929. The largest absolute Gasteiger partial charge is 0.394 e. The molecule has 0 bridgehead atoms. The van der Waals surface area contributed by atoms with Gasteiger partial charge in [0.1, 0.15) is 0 Å². The van der Waals surface area contributed by atoms with Gasteiger partial charge in [0.25, 0.3) is 0 Å². The molecule has 1 aliphatic heterocycles. The van der Waals surface area contributed by atoms with Crippen LogP contribution in [0.5, 0.6) is 0 Å². The lowest BCUT2D eigenvalue weighted by molar-refractivity contribution is 0.0780. The molecule has 5 nitrogen and oxygen atoms in total. The molecule has 1 heterocycles. The summed E-state index contributed by atoms with van der Waals surface area (Å²) in [6.07, 6.45) is 5.24. The molecular weight excluding hydrogens is 244 g/mol. The Morgan fingerprint density at radius 1 is 1.47 bits per heavy atom. The average molecular weight is 270 g/mol. The van der Waals surface area contributed by atoms with Crippen LogP contribution in [0.15, 0.2) is 0 Å². The Hall–Kier alpha value is -0.810. The van der Waals surface area contributed by atoms with E-state index in [0.29, 0.717) is 5.92 Å². The summed E-state index contributed by atoms with van der Waals surface area (Å²) in [6, 6.07) is -0.129. The quantitative estimate of drug-likeness (QED) is 0.683. The zero-order valence-corrected chi connectivity index (χ0v) is 11.9. The first-order valence-corrected chi connectivity index (χ1v) is 7.40. The number of aliphatic hydroxyl groups is 1. The number of hydrogen-bond donors (Lipinski definition) is 3. The summed E-state index contributed by atoms with van der Waals surface area (Å²) in [5, 5.41) is 15.4. The Kier molecular flexibility index (Phi) is 4.68. The second-order valence-corrected chi connectivity index (χ2v) is 6.01. The Balaban J connectivity index is 1.84. The predicted molar refractivity (Wildman–Crippen MR) is 72.9 cm³/mol. The van der Waals surface area contributed by atoms with Crippen molar-refractivity contribution < 1.29 is 14.6 Å². The predicted octanol–water partition coefficient (Wildman–Crippen LogP) is 1.40. The molecule has 1 saturated heterocycles. The number of hydrogen-bond acceptors (Lipinski definition) is 3. The number of carbonyl (C=O) groups excluding carboxylic acids is 1. The molecule has 0 radical (unpaired) electrons. The van der Waals surface area contributed by atoms with E-state index in [4.69, 9.17) is 4.74 Å². The van der Waals surface area contributed by atoms with Crippen LogP contribution in [-0.2, 0) is 4.74 Å². The summed E-state index contributed by atoms with van der Waals surface area (Å²) in [4.78, 5) is 12.1. The number of amides is 2. The zero-order valence-electron chi connectivity index (χ0n) is 11.9. The second kappa shape index (κ2) is 6.09. The lowest BCUT2D eigenvalue weighted by Crippen LogP contribution is -2.57. The van der Waals surface area contributed by atoms with Crippen LogP contribution in [-0.4, -0.2) is 42.0 Å². The van der Waals surface area contributed by atoms with Gasteiger partial charge >= 0.3 is 6.03 Å². The highest BCUT2D eigenvalue weighted by Gasteiger charge is 2.42. The van der Waals surface area contributed by atoms with Crippen molar-refractivity contribution >= 4 is 6.03 Å². The van der Waals surface area contributed by atoms with E-state index < -0.39 is 5.54 Å². The molecule has 19 heavy (non-hydrogen) atoms. The standard InChI is InChI=1S/C14H26N2O3/c1-3-11(12-5-4-8-19-12)15-13(18)16-14(2,9-17)10-6-7-10/h10-12,17H,3-9H2,1-2H3,(H2,15,16,18). The fourth-order valence-corrected chi connectivity index (χ4v) is 2.83. The topological polar surface area (TPSA) is 70.6 Å². The number of ether oxygens (including phenoxy) is 1. The minimum atomic E-state index is -0.487. The molecule has 3 unspecified atom stereocenters. The van der Waals surface area contributed by atoms with Gasteiger partial charge in [-0.05, 0) is 44.9 Å². The second-order valence-electron chi connectivity index (χ2n) is 6.01. The van der Waals surface area contributed by atoms with Gasteiger partial charge in [0.2, 0.25) is 0 Å². The van der Waals surface area contributed by atoms with E-state index in [1.807, 2.05) is 6.92 Å². The van der Waals surface area contributed by atoms with Crippen LogP contribution in [0.1, 0.15) is 46.0 Å². The average Bonchev–Trinajstić information content (AvgIpc) is 3.13. The Morgan fingerprint density at radius 2 is 2.21 bits per heavy atom. The molecule has 2 rings (SSSR count). The third-order valence-corrected chi connectivity index (χ3v) is 4.38. The summed E-state index contributed by atoms with van der Waals surface area (Å²) in [5.74, 6) is 0.408. The highest BCUT2D eigenvalue weighted by Crippen LogP contribution is 2.39. The van der Waals surface area contributed by atoms with Gasteiger partial charge < -0.3 is 20.5 Å². The van der Waals surface area contributed by atoms with E-state index >= 15 is 0 Å². The van der Waals surface area contributed by atoms with Crippen molar-refractivity contribution in [3.8, 4) is 0 Å². The van der Waals surface area contributed by atoms with Crippen molar-refractivity contribution in [1.29, 1.82) is 0 Å². The van der Waals surface area contributed by atoms with E-state index in [1.165, 1.54) is 0 Å². The van der Waals surface area contributed by atoms with Gasteiger partial charge in [-0.2, -0.15) is 0 Å². The number of carbonyl (C=O) groups is 1. The Morgan fingerprint density at radius 3 is 2.68 bits per heavy atom. The highest BCUT2D eigenvalue weighted by molar-refractivity contribution is 5.75. The lowest BCUT2D eigenvalue weighted by Gasteiger charge is -2.31. The molecular formula is C14H26N2O3. The molecule has 1 aliphatic carbocycles. The van der Waals surface area contributed by atoms with Crippen molar-refractivity contribution in [2.45, 2.75) is 63.6 Å². The van der Waals surface area contributed by atoms with Crippen LogP contribution in [0, 0.1) is 5.92 Å². The molecule has 0 aromatic heterocycles. The van der Waals surface area contributed by atoms with Crippen LogP contribution in [0.25, 0.3) is 0 Å². The molecule has 110 valence electrons. The maximum Gasteiger partial charge on any atom is 0.315 e. The number of aliphatic hydroxyl groups excluding tert-OH is 1. The molecule has 1 saturated carbocycles. The third kappa shape index (κ3) is 3.60. The SMILES string of the molecule is CCC(NC(=O)NC(C)(CO)C1CC1)C1CCCO1. The Bertz CT molecular complexity index is 314. The van der Waals surface area contributed by atoms with Crippen LogP contribution in [0.2, 0.25) is 0 Å². The van der Waals surface area contributed by atoms with Crippen LogP contribution in [0.3, 0.4) is 0 Å². The summed E-state index contributed by atoms with van der Waals surface area (Å²) < 4.78 is 5.63. The fourth-order valence-electron chi connectivity index (χ4n) is 2.83. The molecule has 3 atom stereocenters. The zero-order chi connectivity index (χ0) is 13.9. The third-order valence-electron chi connectivity index (χ3n) is 4.38. The van der Waals surface area contributed by atoms with E-state index in [0.717, 1.165) is 38.7 Å². The van der Waals surface area contributed by atoms with Gasteiger partial charge in [-0.1, -0.05) is 6.92 Å². The molecule has 2 aliphatic rings. The first-order valence-electron chi connectivity index (χ1n) is 7.40. The smallest absolute Gasteiger partial charge is 0.315 e. The van der Waals surface area contributed by atoms with E-state index in [9.17, 15) is 9.90 Å². The maximum atomic E-state index is 12.1. The van der Waals surface area contributed by atoms with Crippen molar-refractivity contribution in [2.24, 2.45) is 5.92 Å². The first-order chi connectivity index (χ1) is 9.09. The van der Waals surface area contributed by atoms with Gasteiger partial charge in [-0.25, -0.2) is 4.79 Å². The summed E-state index contributed by atoms with van der Waals surface area (Å²) in [7, 11) is 0. The van der Waals surface area contributed by atoms with Crippen molar-refractivity contribution in [3.63, 3.8) is 0 Å². The molecule has 3 N–H and O–H groups in total. The molecule has 2 fully saturated rings. The normalized spacial score (nSPS) is 27.6. The van der Waals surface area contributed by atoms with E-state index in [2.05, 4.69) is 17.6 Å². The lowest BCUT2D eigenvalue weighted by atomic mass is 9.97. The number of nitrogens with one attached hydrogen (secondary N) is 2. The molecule has 2 amide bonds. The molecule has 0 aromatic carbocycles. The van der Waals surface area contributed by atoms with Crippen LogP contribution >= 0.6 is 0 Å². The van der Waals surface area contributed by atoms with Crippen LogP contribution < -0.4 is 10.6 Å². The van der Waals surface area contributed by atoms with Gasteiger partial charge in [0.05, 0.1) is 24.3 Å². The maximum absolute atomic E-state index is 12.1. The highest BCUT2D eigenvalue weighted by atomic mass is 16.5. The molecule has 0 spiro atoms. The summed E-state index contributed by atoms with van der Waals surface area (Å²) in [6.45, 7) is 4.75. The summed E-state index contributed by atoms with van der Waals surface area (Å²) >= 11 is 0. The van der Waals surface area contributed by atoms with E-state index in [1.54, 1.807) is 0 Å². The van der Waals surface area contributed by atoms with Crippen molar-refractivity contribution in [3.05, 3.63) is 0 Å². The van der Waals surface area contributed by atoms with Gasteiger partial charge in [0, 0.05) is 6.61 Å². The first kappa shape index (κ1) is 14.6. The van der Waals surface area contributed by atoms with Crippen molar-refractivity contribution in [1.82, 2.24) is 10.6 Å². The van der Waals surface area contributed by atoms with Gasteiger partial charge in [-0.3, -0.25) is 0 Å². The molecule has 5 heteroatoms. The number of rotatable bonds is 6. The molecule has 0 aromatic rings. The van der Waals surface area contributed by atoms with Gasteiger partial charge in [-0.15, -0.1) is 0 Å². The minimum absolute atomic E-state index is 0.0121. The summed E-state index contributed by atoms with van der Waals surface area (Å²) in [5.41, 5.74) is -0.487. The van der Waals surface area contributed by atoms with Crippen molar-refractivity contribution in [2.75, 3.05) is 13.2 Å². The van der Waals surface area contributed by atoms with E-state index in [-0.39, 0.29) is 24.8 Å².